The molecule has 0 bridgehead atoms. The van der Waals surface area contributed by atoms with Gasteiger partial charge in [-0.05, 0) is 54.9 Å². The van der Waals surface area contributed by atoms with Crippen LogP contribution in [0.1, 0.15) is 40.0 Å². The van der Waals surface area contributed by atoms with Crippen molar-refractivity contribution in [2.24, 2.45) is 17.8 Å². The molecule has 1 fully saturated rings. The van der Waals surface area contributed by atoms with Gasteiger partial charge in [-0.25, -0.2) is 0 Å². The summed E-state index contributed by atoms with van der Waals surface area (Å²) in [4.78, 5) is 0. The second-order valence-electron chi connectivity index (χ2n) is 7.83. The highest BCUT2D eigenvalue weighted by Crippen LogP contribution is 2.50. The van der Waals surface area contributed by atoms with E-state index in [9.17, 15) is 4.57 Å². The Bertz CT molecular complexity index is 732. The van der Waals surface area contributed by atoms with Gasteiger partial charge in [0.25, 0.3) is 0 Å². The highest BCUT2D eigenvalue weighted by Gasteiger charge is 2.38. The third kappa shape index (κ3) is 4.58. The SMILES string of the molecule is CC(C)[C@H]1CC[C@H](C)C[C@H]1O[P@](=O)(Nc1ccccc1)c1ccccc1. The van der Waals surface area contributed by atoms with Crippen LogP contribution in [0.3, 0.4) is 0 Å². The average molecular weight is 371 g/mol. The molecule has 2 aromatic rings. The van der Waals surface area contributed by atoms with Crippen molar-refractivity contribution in [3.8, 4) is 0 Å². The highest BCUT2D eigenvalue weighted by molar-refractivity contribution is 7.68. The average Bonchev–Trinajstić information content (AvgIpc) is 2.63. The molecule has 0 radical (unpaired) electrons. The van der Waals surface area contributed by atoms with Gasteiger partial charge in [0.15, 0.2) is 0 Å². The molecule has 26 heavy (non-hydrogen) atoms. The van der Waals surface area contributed by atoms with E-state index in [2.05, 4.69) is 25.9 Å². The smallest absolute Gasteiger partial charge is 0.312 e. The molecule has 0 heterocycles. The molecule has 0 saturated heterocycles. The van der Waals surface area contributed by atoms with E-state index < -0.39 is 7.52 Å². The lowest BCUT2D eigenvalue weighted by Gasteiger charge is -2.39. The first-order chi connectivity index (χ1) is 12.5. The number of para-hydroxylation sites is 1. The molecule has 4 heteroatoms. The molecule has 3 rings (SSSR count). The molecule has 1 saturated carbocycles. The minimum Gasteiger partial charge on any atom is -0.312 e. The van der Waals surface area contributed by atoms with E-state index in [-0.39, 0.29) is 6.10 Å². The van der Waals surface area contributed by atoms with Gasteiger partial charge >= 0.3 is 7.52 Å². The van der Waals surface area contributed by atoms with Crippen LogP contribution < -0.4 is 10.4 Å². The molecule has 140 valence electrons. The predicted octanol–water partition coefficient (Wildman–Crippen LogP) is 6.09. The zero-order valence-electron chi connectivity index (χ0n) is 16.0. The van der Waals surface area contributed by atoms with Crippen LogP contribution in [0.15, 0.2) is 60.7 Å². The number of nitrogens with one attached hydrogen (secondary N) is 1. The Balaban J connectivity index is 1.91. The van der Waals surface area contributed by atoms with Crippen LogP contribution in [0.4, 0.5) is 5.69 Å². The van der Waals surface area contributed by atoms with Gasteiger partial charge in [-0.2, -0.15) is 0 Å². The van der Waals surface area contributed by atoms with Gasteiger partial charge in [0.05, 0.1) is 11.4 Å². The standard InChI is InChI=1S/C22H30NO2P/c1-17(2)21-15-14-18(3)16-22(21)25-26(24,20-12-8-5-9-13-20)23-19-10-6-4-7-11-19/h4-13,17-18,21-22H,14-16H2,1-3H3,(H,23,24)/t18-,21+,22+,26-/m0/s1. The zero-order chi connectivity index (χ0) is 18.6. The van der Waals surface area contributed by atoms with Crippen molar-refractivity contribution >= 4 is 18.5 Å². The van der Waals surface area contributed by atoms with Crippen LogP contribution in [0.5, 0.6) is 0 Å². The summed E-state index contributed by atoms with van der Waals surface area (Å²) in [6, 6.07) is 19.3. The number of hydrogen-bond donors (Lipinski definition) is 1. The lowest BCUT2D eigenvalue weighted by Crippen LogP contribution is -2.35. The fourth-order valence-corrected chi connectivity index (χ4v) is 5.87. The molecule has 1 N–H and O–H groups in total. The maximum absolute atomic E-state index is 14.0. The van der Waals surface area contributed by atoms with Crippen molar-refractivity contribution in [1.29, 1.82) is 0 Å². The molecule has 0 unspecified atom stereocenters. The van der Waals surface area contributed by atoms with E-state index in [0.717, 1.165) is 23.8 Å². The molecule has 3 nitrogen and oxygen atoms in total. The van der Waals surface area contributed by atoms with Gasteiger partial charge in [-0.3, -0.25) is 4.57 Å². The second kappa shape index (κ2) is 8.41. The van der Waals surface area contributed by atoms with Crippen LogP contribution in [0.25, 0.3) is 0 Å². The molecule has 0 aromatic heterocycles. The number of benzene rings is 2. The zero-order valence-corrected chi connectivity index (χ0v) is 16.9. The van der Waals surface area contributed by atoms with Gasteiger partial charge in [0.2, 0.25) is 0 Å². The Morgan fingerprint density at radius 1 is 1.00 bits per heavy atom. The minimum absolute atomic E-state index is 0.0148. The Morgan fingerprint density at radius 2 is 1.62 bits per heavy atom. The maximum Gasteiger partial charge on any atom is 0.324 e. The van der Waals surface area contributed by atoms with E-state index >= 15 is 0 Å². The second-order valence-corrected chi connectivity index (χ2v) is 9.89. The van der Waals surface area contributed by atoms with Gasteiger partial charge < -0.3 is 9.61 Å². The van der Waals surface area contributed by atoms with Crippen molar-refractivity contribution in [3.63, 3.8) is 0 Å². The van der Waals surface area contributed by atoms with Crippen LogP contribution >= 0.6 is 7.52 Å². The Morgan fingerprint density at radius 3 is 2.23 bits per heavy atom. The lowest BCUT2D eigenvalue weighted by atomic mass is 9.75. The van der Waals surface area contributed by atoms with Gasteiger partial charge in [-0.1, -0.05) is 63.6 Å². The van der Waals surface area contributed by atoms with Gasteiger partial charge in [0, 0.05) is 5.69 Å². The van der Waals surface area contributed by atoms with E-state index in [1.807, 2.05) is 60.7 Å². The molecule has 0 amide bonds. The van der Waals surface area contributed by atoms with Crippen LogP contribution in [0.2, 0.25) is 0 Å². The Labute approximate surface area is 157 Å². The highest BCUT2D eigenvalue weighted by atomic mass is 31.2. The largest absolute Gasteiger partial charge is 0.324 e. The summed E-state index contributed by atoms with van der Waals surface area (Å²) in [5.74, 6) is 1.57. The summed E-state index contributed by atoms with van der Waals surface area (Å²) in [7, 11) is -3.22. The van der Waals surface area contributed by atoms with Crippen LogP contribution in [-0.4, -0.2) is 6.10 Å². The van der Waals surface area contributed by atoms with Crippen molar-refractivity contribution in [3.05, 3.63) is 60.7 Å². The predicted molar refractivity (Wildman–Crippen MR) is 110 cm³/mol. The Kier molecular flexibility index (Phi) is 6.21. The van der Waals surface area contributed by atoms with Crippen LogP contribution in [-0.2, 0) is 9.09 Å². The quantitative estimate of drug-likeness (QED) is 0.624. The summed E-state index contributed by atoms with van der Waals surface area (Å²) in [5, 5.41) is 3.95. The van der Waals surface area contributed by atoms with Crippen LogP contribution in [0, 0.1) is 17.8 Å². The molecule has 1 aliphatic carbocycles. The normalized spacial score (nSPS) is 25.6. The van der Waals surface area contributed by atoms with Crippen molar-refractivity contribution in [2.45, 2.75) is 46.1 Å². The molecule has 0 spiro atoms. The molecule has 0 aliphatic heterocycles. The summed E-state index contributed by atoms with van der Waals surface area (Å²) < 4.78 is 20.5. The minimum atomic E-state index is -3.22. The fourth-order valence-electron chi connectivity index (χ4n) is 3.89. The van der Waals surface area contributed by atoms with Crippen molar-refractivity contribution in [1.82, 2.24) is 0 Å². The molecule has 1 aliphatic rings. The van der Waals surface area contributed by atoms with E-state index in [4.69, 9.17) is 4.52 Å². The molecular weight excluding hydrogens is 341 g/mol. The number of hydrogen-bond acceptors (Lipinski definition) is 2. The fraction of sp³-hybridized carbons (Fsp3) is 0.455. The van der Waals surface area contributed by atoms with E-state index in [0.29, 0.717) is 17.8 Å². The van der Waals surface area contributed by atoms with Crippen molar-refractivity contribution in [2.75, 3.05) is 5.09 Å². The summed E-state index contributed by atoms with van der Waals surface area (Å²) in [6.07, 6.45) is 3.35. The topological polar surface area (TPSA) is 38.3 Å². The summed E-state index contributed by atoms with van der Waals surface area (Å²) in [5.41, 5.74) is 0.824. The third-order valence-electron chi connectivity index (χ3n) is 5.39. The van der Waals surface area contributed by atoms with E-state index in [1.54, 1.807) is 0 Å². The first-order valence-electron chi connectivity index (χ1n) is 9.65. The van der Waals surface area contributed by atoms with Gasteiger partial charge in [0.1, 0.15) is 0 Å². The molecule has 4 atom stereocenters. The Hall–Kier alpha value is -1.57. The van der Waals surface area contributed by atoms with Gasteiger partial charge in [-0.15, -0.1) is 0 Å². The first kappa shape index (κ1) is 19.2. The first-order valence-corrected chi connectivity index (χ1v) is 11.3. The lowest BCUT2D eigenvalue weighted by molar-refractivity contribution is 0.0506. The third-order valence-corrected chi connectivity index (χ3v) is 7.49. The molecule has 2 aromatic carbocycles. The summed E-state index contributed by atoms with van der Waals surface area (Å²) >= 11 is 0. The van der Waals surface area contributed by atoms with E-state index in [1.165, 1.54) is 6.42 Å². The number of rotatable bonds is 6. The maximum atomic E-state index is 14.0. The number of anilines is 1. The monoisotopic (exact) mass is 371 g/mol. The summed E-state index contributed by atoms with van der Waals surface area (Å²) in [6.45, 7) is 6.76. The van der Waals surface area contributed by atoms with Crippen molar-refractivity contribution < 1.29 is 9.09 Å². The molecular formula is C22H30NO2P.